The van der Waals surface area contributed by atoms with Gasteiger partial charge >= 0.3 is 0 Å². The lowest BCUT2D eigenvalue weighted by molar-refractivity contribution is -0.184. The van der Waals surface area contributed by atoms with Crippen molar-refractivity contribution in [2.75, 3.05) is 32.8 Å². The number of rotatable bonds is 8. The molecule has 202 valence electrons. The minimum atomic E-state index is -0.362. The van der Waals surface area contributed by atoms with Gasteiger partial charge in [-0.05, 0) is 79.5 Å². The summed E-state index contributed by atoms with van der Waals surface area (Å²) in [6, 6.07) is 8.37. The first-order chi connectivity index (χ1) is 18.2. The van der Waals surface area contributed by atoms with Crippen LogP contribution in [0.4, 0.5) is 5.69 Å². The van der Waals surface area contributed by atoms with Crippen molar-refractivity contribution in [2.24, 2.45) is 5.41 Å². The molecule has 2 bridgehead atoms. The highest BCUT2D eigenvalue weighted by molar-refractivity contribution is 6.03. The summed E-state index contributed by atoms with van der Waals surface area (Å²) in [5, 5.41) is 12.1. The largest absolute Gasteiger partial charge is 0.382 e. The molecule has 2 aromatic rings. The summed E-state index contributed by atoms with van der Waals surface area (Å²) < 4.78 is 17.9. The lowest BCUT2D eigenvalue weighted by atomic mass is 9.75. The van der Waals surface area contributed by atoms with E-state index in [0.29, 0.717) is 19.1 Å². The van der Waals surface area contributed by atoms with Crippen molar-refractivity contribution >= 4 is 17.2 Å². The van der Waals surface area contributed by atoms with Crippen molar-refractivity contribution < 1.29 is 19.0 Å². The first kappa shape index (κ1) is 26.6. The van der Waals surface area contributed by atoms with E-state index in [1.165, 1.54) is 17.3 Å². The summed E-state index contributed by atoms with van der Waals surface area (Å²) in [4.78, 5) is 19.9. The van der Waals surface area contributed by atoms with Crippen LogP contribution in [0, 0.1) is 16.7 Å². The van der Waals surface area contributed by atoms with Gasteiger partial charge in [-0.25, -0.2) is 4.98 Å². The van der Waals surface area contributed by atoms with Gasteiger partial charge in [-0.15, -0.1) is 0 Å². The quantitative estimate of drug-likeness (QED) is 0.472. The third-order valence-electron chi connectivity index (χ3n) is 8.51. The van der Waals surface area contributed by atoms with Crippen LogP contribution in [0.25, 0.3) is 5.57 Å². The number of carbonyl (C=O) groups excluding carboxylic acids is 1. The SMILES string of the molecule is COC[C@@]12CC[C@@](COC)(C[C@@H](c3ccc(NC(=O)c4nc(C#N)c[nH]4)c(C4=CCC(C)(C)CC4)c3)C1)O2. The van der Waals surface area contributed by atoms with Crippen LogP contribution in [0.1, 0.15) is 92.2 Å². The van der Waals surface area contributed by atoms with Crippen molar-refractivity contribution in [3.63, 3.8) is 0 Å². The topological polar surface area (TPSA) is 109 Å². The molecule has 5 rings (SSSR count). The maximum absolute atomic E-state index is 13.0. The molecule has 3 atom stereocenters. The zero-order valence-electron chi connectivity index (χ0n) is 22.9. The van der Waals surface area contributed by atoms with E-state index in [1.807, 2.05) is 12.1 Å². The molecule has 1 aromatic heterocycles. The molecule has 1 aromatic carbocycles. The maximum Gasteiger partial charge on any atom is 0.291 e. The Balaban J connectivity index is 1.49. The van der Waals surface area contributed by atoms with Crippen molar-refractivity contribution in [3.8, 4) is 6.07 Å². The molecule has 0 spiro atoms. The average Bonchev–Trinajstić information content (AvgIpc) is 3.47. The standard InChI is InChI=1S/C30H38N4O4/c1-28(2)9-7-20(8-10-28)24-13-21(5-6-25(24)34-27(35)26-32-17-23(16-31)33-26)22-14-29(18-36-3)11-12-30(15-22,38-29)19-37-4/h5-7,13,17,22H,8-12,14-15,18-19H2,1-4H3,(H,32,33)(H,34,35)/t22-,29+,30-. The number of nitrogens with one attached hydrogen (secondary N) is 2. The molecule has 2 saturated heterocycles. The van der Waals surface area contributed by atoms with Crippen LogP contribution in [0.3, 0.4) is 0 Å². The number of amides is 1. The molecule has 1 aliphatic carbocycles. The Labute approximate surface area is 224 Å². The van der Waals surface area contributed by atoms with Crippen molar-refractivity contribution in [1.82, 2.24) is 9.97 Å². The van der Waals surface area contributed by atoms with E-state index < -0.39 is 0 Å². The highest BCUT2D eigenvalue weighted by Crippen LogP contribution is 2.54. The number of nitrogens with zero attached hydrogens (tertiary/aromatic N) is 2. The number of fused-ring (bicyclic) bond motifs is 2. The summed E-state index contributed by atoms with van der Waals surface area (Å²) in [6.07, 6.45) is 10.5. The molecule has 0 radical (unpaired) electrons. The van der Waals surface area contributed by atoms with Gasteiger partial charge in [-0.2, -0.15) is 5.26 Å². The van der Waals surface area contributed by atoms with E-state index >= 15 is 0 Å². The van der Waals surface area contributed by atoms with Gasteiger partial charge in [0.1, 0.15) is 6.07 Å². The molecule has 8 nitrogen and oxygen atoms in total. The van der Waals surface area contributed by atoms with Crippen molar-refractivity contribution in [2.45, 2.75) is 75.9 Å². The van der Waals surface area contributed by atoms with Gasteiger partial charge in [0.25, 0.3) is 5.91 Å². The Bertz CT molecular complexity index is 1250. The number of nitriles is 1. The number of hydrogen-bond donors (Lipinski definition) is 2. The number of hydrogen-bond acceptors (Lipinski definition) is 6. The second-order valence-electron chi connectivity index (χ2n) is 12.0. The molecule has 0 unspecified atom stereocenters. The number of anilines is 1. The van der Waals surface area contributed by atoms with Crippen LogP contribution in [0.5, 0.6) is 0 Å². The van der Waals surface area contributed by atoms with E-state index in [0.717, 1.165) is 56.2 Å². The van der Waals surface area contributed by atoms with Gasteiger partial charge in [0.2, 0.25) is 0 Å². The van der Waals surface area contributed by atoms with Gasteiger partial charge in [0.05, 0.1) is 24.4 Å². The molecule has 3 heterocycles. The number of aromatic nitrogens is 2. The normalized spacial score (nSPS) is 28.0. The number of methoxy groups -OCH3 is 2. The second kappa shape index (κ2) is 10.3. The number of carbonyl (C=O) groups is 1. The Kier molecular flexibility index (Phi) is 7.21. The average molecular weight is 519 g/mol. The Hall–Kier alpha value is -2.99. The lowest BCUT2D eigenvalue weighted by Crippen LogP contribution is -2.48. The predicted octanol–water partition coefficient (Wildman–Crippen LogP) is 5.59. The number of aromatic amines is 1. The molecule has 2 aliphatic heterocycles. The van der Waals surface area contributed by atoms with E-state index in [2.05, 4.69) is 47.3 Å². The summed E-state index contributed by atoms with van der Waals surface area (Å²) >= 11 is 0. The van der Waals surface area contributed by atoms with Crippen LogP contribution < -0.4 is 5.32 Å². The zero-order chi connectivity index (χ0) is 27.0. The van der Waals surface area contributed by atoms with Crippen LogP contribution >= 0.6 is 0 Å². The third kappa shape index (κ3) is 5.28. The van der Waals surface area contributed by atoms with Gasteiger partial charge in [0.15, 0.2) is 11.5 Å². The Morgan fingerprint density at radius 3 is 2.47 bits per heavy atom. The van der Waals surface area contributed by atoms with Crippen LogP contribution in [0.15, 0.2) is 30.5 Å². The molecule has 2 fully saturated rings. The van der Waals surface area contributed by atoms with Gasteiger partial charge in [-0.1, -0.05) is 26.0 Å². The first-order valence-electron chi connectivity index (χ1n) is 13.5. The summed E-state index contributed by atoms with van der Waals surface area (Å²) in [6.45, 7) is 5.74. The smallest absolute Gasteiger partial charge is 0.291 e. The van der Waals surface area contributed by atoms with E-state index in [-0.39, 0.29) is 34.0 Å². The number of benzene rings is 1. The summed E-state index contributed by atoms with van der Waals surface area (Å²) in [7, 11) is 3.48. The van der Waals surface area contributed by atoms with E-state index in [4.69, 9.17) is 19.5 Å². The van der Waals surface area contributed by atoms with Crippen LogP contribution in [0.2, 0.25) is 0 Å². The van der Waals surface area contributed by atoms with Crippen molar-refractivity contribution in [1.29, 1.82) is 5.26 Å². The monoisotopic (exact) mass is 518 g/mol. The van der Waals surface area contributed by atoms with Crippen LogP contribution in [-0.4, -0.2) is 54.5 Å². The van der Waals surface area contributed by atoms with Gasteiger partial charge in [0, 0.05) is 31.7 Å². The number of H-pyrrole nitrogens is 1. The fraction of sp³-hybridized carbons (Fsp3) is 0.567. The molecule has 1 amide bonds. The number of allylic oxidation sites excluding steroid dienone is 2. The fourth-order valence-electron chi connectivity index (χ4n) is 6.55. The van der Waals surface area contributed by atoms with E-state index in [9.17, 15) is 4.79 Å². The highest BCUT2D eigenvalue weighted by atomic mass is 16.6. The molecular formula is C30H38N4O4. The fourth-order valence-corrected chi connectivity index (χ4v) is 6.55. The molecule has 0 saturated carbocycles. The molecule has 38 heavy (non-hydrogen) atoms. The van der Waals surface area contributed by atoms with Crippen molar-refractivity contribution in [3.05, 3.63) is 53.1 Å². The predicted molar refractivity (Wildman–Crippen MR) is 145 cm³/mol. The first-order valence-corrected chi connectivity index (χ1v) is 13.5. The highest BCUT2D eigenvalue weighted by Gasteiger charge is 2.55. The second-order valence-corrected chi connectivity index (χ2v) is 12.0. The molecule has 2 N–H and O–H groups in total. The van der Waals surface area contributed by atoms with Crippen LogP contribution in [-0.2, 0) is 14.2 Å². The Morgan fingerprint density at radius 2 is 1.89 bits per heavy atom. The number of ether oxygens (including phenoxy) is 3. The van der Waals surface area contributed by atoms with E-state index in [1.54, 1.807) is 14.2 Å². The minimum Gasteiger partial charge on any atom is -0.382 e. The van der Waals surface area contributed by atoms with Gasteiger partial charge in [-0.3, -0.25) is 4.79 Å². The molecule has 8 heteroatoms. The maximum atomic E-state index is 13.0. The zero-order valence-corrected chi connectivity index (χ0v) is 22.9. The summed E-state index contributed by atoms with van der Waals surface area (Å²) in [5.74, 6) is 0.0581. The van der Waals surface area contributed by atoms with Gasteiger partial charge < -0.3 is 24.5 Å². The number of imidazole rings is 1. The summed E-state index contributed by atoms with van der Waals surface area (Å²) in [5.41, 5.74) is 4.18. The third-order valence-corrected chi connectivity index (χ3v) is 8.51. The minimum absolute atomic E-state index is 0.124. The molecular weight excluding hydrogens is 480 g/mol. The lowest BCUT2D eigenvalue weighted by Gasteiger charge is -2.44. The Morgan fingerprint density at radius 1 is 1.18 bits per heavy atom. The molecule has 3 aliphatic rings.